The molecule has 2 aliphatic rings. The van der Waals surface area contributed by atoms with Crippen LogP contribution in [0.2, 0.25) is 19.6 Å². The molecule has 2 nitrogen and oxygen atoms in total. The summed E-state index contributed by atoms with van der Waals surface area (Å²) >= 11 is 0. The summed E-state index contributed by atoms with van der Waals surface area (Å²) < 4.78 is 0. The van der Waals surface area contributed by atoms with Gasteiger partial charge in [0.15, 0.2) is 0 Å². The fourth-order valence-electron chi connectivity index (χ4n) is 7.05. The van der Waals surface area contributed by atoms with Crippen molar-refractivity contribution in [2.45, 2.75) is 158 Å². The molecule has 0 N–H and O–H groups in total. The molecule has 0 amide bonds. The van der Waals surface area contributed by atoms with Gasteiger partial charge >= 0.3 is 17.1 Å². The van der Waals surface area contributed by atoms with E-state index < -0.39 is 8.07 Å². The maximum atomic E-state index is 5.52. The van der Waals surface area contributed by atoms with E-state index in [-0.39, 0.29) is 17.1 Å². The van der Waals surface area contributed by atoms with E-state index in [1.807, 2.05) is 0 Å². The summed E-state index contributed by atoms with van der Waals surface area (Å²) in [5.41, 5.74) is 0. The fraction of sp³-hybridized carbons (Fsp3) is 0.970. The van der Waals surface area contributed by atoms with Crippen molar-refractivity contribution < 1.29 is 17.1 Å². The van der Waals surface area contributed by atoms with Crippen LogP contribution in [-0.2, 0) is 17.1 Å². The Bertz CT molecular complexity index is 503. The molecule has 0 aromatic heterocycles. The Balaban J connectivity index is 0.00000196. The number of hydrogen-bond acceptors (Lipinski definition) is 0. The fourth-order valence-corrected chi connectivity index (χ4v) is 7.05. The molecular weight excluding hydrogens is 508 g/mol. The predicted molar refractivity (Wildman–Crippen MR) is 168 cm³/mol. The second-order valence-corrected chi connectivity index (χ2v) is 20.4. The van der Waals surface area contributed by atoms with Crippen LogP contribution in [0.3, 0.4) is 0 Å². The van der Waals surface area contributed by atoms with E-state index in [2.05, 4.69) is 95.4 Å². The van der Waals surface area contributed by atoms with Crippen LogP contribution in [-0.4, -0.2) is 32.2 Å². The van der Waals surface area contributed by atoms with E-state index in [0.29, 0.717) is 24.2 Å². The van der Waals surface area contributed by atoms with Gasteiger partial charge in [0.25, 0.3) is 0 Å². The van der Waals surface area contributed by atoms with E-state index in [0.717, 1.165) is 53.8 Å². The molecule has 0 heterocycles. The van der Waals surface area contributed by atoms with Crippen LogP contribution in [0, 0.1) is 53.9 Å². The average Bonchev–Trinajstić information content (AvgIpc) is 2.71. The summed E-state index contributed by atoms with van der Waals surface area (Å²) in [6, 6.07) is 1.95. The summed E-state index contributed by atoms with van der Waals surface area (Å²) in [7, 11) is -0.861. The Morgan fingerprint density at radius 3 is 0.973 bits per heavy atom. The Morgan fingerprint density at radius 1 is 0.568 bits per heavy atom. The van der Waals surface area contributed by atoms with Crippen molar-refractivity contribution in [1.82, 2.24) is 0 Å². The maximum Gasteiger partial charge on any atom is 3.00 e. The molecule has 1 radical (unpaired) electrons. The number of hydrogen-bond donors (Lipinski definition) is 0. The Kier molecular flexibility index (Phi) is 17.8. The second-order valence-electron chi connectivity index (χ2n) is 15.3. The van der Waals surface area contributed by atoms with Gasteiger partial charge in [0.05, 0.1) is 0 Å². The van der Waals surface area contributed by atoms with Gasteiger partial charge in [0.1, 0.15) is 0 Å². The third-order valence-electron chi connectivity index (χ3n) is 8.87. The first-order valence-electron chi connectivity index (χ1n) is 15.8. The molecular formula is C33H67FeN2Si. The zero-order valence-corrected chi connectivity index (χ0v) is 29.4. The largest absolute Gasteiger partial charge is 3.00 e. The Labute approximate surface area is 246 Å². The molecule has 2 rings (SSSR count). The Morgan fingerprint density at radius 2 is 0.784 bits per heavy atom. The molecule has 2 fully saturated rings. The molecule has 2 saturated carbocycles. The zero-order valence-electron chi connectivity index (χ0n) is 27.3. The van der Waals surface area contributed by atoms with E-state index in [4.69, 9.17) is 10.6 Å². The molecule has 0 bridgehead atoms. The topological polar surface area (TPSA) is 28.2 Å². The molecule has 2 aliphatic carbocycles. The molecule has 0 aromatic carbocycles. The van der Waals surface area contributed by atoms with Gasteiger partial charge in [-0.25, -0.2) is 0 Å². The van der Waals surface area contributed by atoms with Crippen LogP contribution in [0.1, 0.15) is 114 Å². The summed E-state index contributed by atoms with van der Waals surface area (Å²) in [5.74, 6) is 6.04. The van der Waals surface area contributed by atoms with Crippen molar-refractivity contribution in [3.8, 4) is 0 Å². The number of rotatable bonds is 10. The minimum Gasteiger partial charge on any atom is -0.657 e. The van der Waals surface area contributed by atoms with E-state index in [9.17, 15) is 0 Å². The van der Waals surface area contributed by atoms with Crippen molar-refractivity contribution in [1.29, 1.82) is 0 Å². The third-order valence-corrected chi connectivity index (χ3v) is 8.87. The second kappa shape index (κ2) is 17.5. The van der Waals surface area contributed by atoms with Crippen LogP contribution in [0.4, 0.5) is 0 Å². The van der Waals surface area contributed by atoms with Gasteiger partial charge in [-0.3, -0.25) is 0 Å². The summed E-state index contributed by atoms with van der Waals surface area (Å²) in [6.45, 7) is 34.6. The number of nitrogens with zero attached hydrogens (tertiary/aromatic N) is 2. The van der Waals surface area contributed by atoms with Crippen LogP contribution < -0.4 is 0 Å². The maximum absolute atomic E-state index is 5.52. The third kappa shape index (κ3) is 13.7. The van der Waals surface area contributed by atoms with Crippen molar-refractivity contribution in [3.05, 3.63) is 17.2 Å². The molecule has 221 valence electrons. The molecule has 0 aromatic rings. The van der Waals surface area contributed by atoms with Crippen LogP contribution >= 0.6 is 0 Å². The molecule has 6 atom stereocenters. The first kappa shape index (κ1) is 37.7. The van der Waals surface area contributed by atoms with E-state index in [1.165, 1.54) is 38.5 Å². The molecule has 0 saturated heterocycles. The minimum absolute atomic E-state index is 0. The zero-order chi connectivity index (χ0) is 27.8. The van der Waals surface area contributed by atoms with E-state index >= 15 is 0 Å². The van der Waals surface area contributed by atoms with Crippen LogP contribution in [0.15, 0.2) is 0 Å². The molecule has 0 spiro atoms. The van der Waals surface area contributed by atoms with E-state index in [1.54, 1.807) is 0 Å². The predicted octanol–water partition coefficient (Wildman–Crippen LogP) is 10.8. The van der Waals surface area contributed by atoms with Gasteiger partial charge in [-0.05, 0) is 23.7 Å². The molecule has 37 heavy (non-hydrogen) atoms. The van der Waals surface area contributed by atoms with Gasteiger partial charge in [-0.2, -0.15) is 0 Å². The summed E-state index contributed by atoms with van der Waals surface area (Å²) in [4.78, 5) is 0. The van der Waals surface area contributed by atoms with Crippen molar-refractivity contribution in [2.75, 3.05) is 0 Å². The molecule has 0 aliphatic heterocycles. The van der Waals surface area contributed by atoms with Gasteiger partial charge < -0.3 is 17.2 Å². The van der Waals surface area contributed by atoms with Crippen molar-refractivity contribution >= 4 is 8.07 Å². The SMILES string of the molecule is CC(CC(C)[N-]C1C(C(C)C)CCCC1C(C)C)[N-]C1C(C(C)C)CCCC1C(C)C.[CH2-][Si](C)(C)C.[Fe+3]. The van der Waals surface area contributed by atoms with Gasteiger partial charge in [-0.15, -0.1) is 32.2 Å². The molecule has 6 unspecified atom stereocenters. The first-order valence-corrected chi connectivity index (χ1v) is 19.5. The smallest absolute Gasteiger partial charge is 0.657 e. The monoisotopic (exact) mass is 575 g/mol. The van der Waals surface area contributed by atoms with Crippen LogP contribution in [0.5, 0.6) is 0 Å². The van der Waals surface area contributed by atoms with Gasteiger partial charge in [0.2, 0.25) is 0 Å². The van der Waals surface area contributed by atoms with Crippen LogP contribution in [0.25, 0.3) is 10.6 Å². The van der Waals surface area contributed by atoms with Crippen molar-refractivity contribution in [3.63, 3.8) is 0 Å². The average molecular weight is 576 g/mol. The van der Waals surface area contributed by atoms with Gasteiger partial charge in [0, 0.05) is 0 Å². The standard InChI is InChI=1S/C29H56N2.C4H11Si.Fe/c1-18(2)24-13-11-14-25(19(3)4)28(24)30-22(9)17-23(10)31-29-26(20(5)6)15-12-16-27(29)21(7)8;1-5(2,3)4;/h18-29H,11-17H2,1-10H3;1H2,2-4H3;/q-2;-1;+3. The normalized spacial score (nSPS) is 30.6. The Hall–Kier alpha value is 0.656. The van der Waals surface area contributed by atoms with Crippen molar-refractivity contribution in [2.24, 2.45) is 47.3 Å². The quantitative estimate of drug-likeness (QED) is 0.183. The summed E-state index contributed by atoms with van der Waals surface area (Å²) in [6.07, 6.45) is 9.40. The van der Waals surface area contributed by atoms with Gasteiger partial charge in [-0.1, -0.05) is 157 Å². The first-order chi connectivity index (χ1) is 16.5. The minimum atomic E-state index is -0.861. The summed E-state index contributed by atoms with van der Waals surface area (Å²) in [5, 5.41) is 11.0. The molecule has 4 heteroatoms.